The van der Waals surface area contributed by atoms with Gasteiger partial charge in [0.25, 0.3) is 0 Å². The minimum Gasteiger partial charge on any atom is -0.489 e. The summed E-state index contributed by atoms with van der Waals surface area (Å²) in [6.07, 6.45) is 0. The van der Waals surface area contributed by atoms with Gasteiger partial charge in [-0.05, 0) is 36.3 Å². The number of hydrogen-bond acceptors (Lipinski definition) is 2. The fraction of sp³-hybridized carbons (Fsp3) is 0.273. The summed E-state index contributed by atoms with van der Waals surface area (Å²) in [6, 6.07) is 5.54. The highest BCUT2D eigenvalue weighted by molar-refractivity contribution is 6.31. The monoisotopic (exact) mass is 211 g/mol. The number of aryl methyl sites for hydroxylation is 1. The molecule has 1 rings (SSSR count). The Kier molecular flexibility index (Phi) is 3.98. The Morgan fingerprint density at radius 3 is 2.86 bits per heavy atom. The molecule has 0 unspecified atom stereocenters. The number of ether oxygens (including phenoxy) is 1. The zero-order chi connectivity index (χ0) is 10.6. The molecule has 2 N–H and O–H groups in total. The van der Waals surface area contributed by atoms with E-state index in [2.05, 4.69) is 6.58 Å². The summed E-state index contributed by atoms with van der Waals surface area (Å²) in [5, 5.41) is 0.745. The standard InChI is InChI=1S/C11H14ClNO/c1-8(6-13)7-14-10-3-4-11(12)9(2)5-10/h3-5H,1,6-7,13H2,2H3. The first-order valence-electron chi connectivity index (χ1n) is 4.39. The predicted molar refractivity (Wildman–Crippen MR) is 59.9 cm³/mol. The third-order valence-electron chi connectivity index (χ3n) is 1.86. The smallest absolute Gasteiger partial charge is 0.120 e. The maximum atomic E-state index is 5.88. The van der Waals surface area contributed by atoms with Crippen molar-refractivity contribution in [1.29, 1.82) is 0 Å². The van der Waals surface area contributed by atoms with Crippen molar-refractivity contribution in [2.45, 2.75) is 6.92 Å². The van der Waals surface area contributed by atoms with Crippen molar-refractivity contribution >= 4 is 11.6 Å². The fourth-order valence-electron chi connectivity index (χ4n) is 0.951. The van der Waals surface area contributed by atoms with E-state index in [0.717, 1.165) is 21.9 Å². The largest absolute Gasteiger partial charge is 0.489 e. The minimum absolute atomic E-state index is 0.451. The third kappa shape index (κ3) is 3.05. The second-order valence-electron chi connectivity index (χ2n) is 3.15. The molecule has 0 aliphatic rings. The molecule has 0 aromatic heterocycles. The molecule has 0 aliphatic heterocycles. The number of benzene rings is 1. The van der Waals surface area contributed by atoms with E-state index < -0.39 is 0 Å². The van der Waals surface area contributed by atoms with Crippen molar-refractivity contribution in [1.82, 2.24) is 0 Å². The predicted octanol–water partition coefficient (Wildman–Crippen LogP) is 2.54. The summed E-state index contributed by atoms with van der Waals surface area (Å²) >= 11 is 5.88. The molecular weight excluding hydrogens is 198 g/mol. The molecule has 3 heteroatoms. The Morgan fingerprint density at radius 2 is 2.29 bits per heavy atom. The number of nitrogens with two attached hydrogens (primary N) is 1. The molecule has 14 heavy (non-hydrogen) atoms. The summed E-state index contributed by atoms with van der Waals surface area (Å²) in [5.74, 6) is 0.793. The average molecular weight is 212 g/mol. The molecule has 0 radical (unpaired) electrons. The molecule has 0 bridgehead atoms. The Balaban J connectivity index is 2.60. The average Bonchev–Trinajstić information content (AvgIpc) is 2.19. The highest BCUT2D eigenvalue weighted by Crippen LogP contribution is 2.21. The van der Waals surface area contributed by atoms with Gasteiger partial charge in [0.15, 0.2) is 0 Å². The normalized spacial score (nSPS) is 9.93. The van der Waals surface area contributed by atoms with E-state index in [4.69, 9.17) is 22.1 Å². The SMILES string of the molecule is C=C(CN)COc1ccc(Cl)c(C)c1. The van der Waals surface area contributed by atoms with Gasteiger partial charge in [0.1, 0.15) is 12.4 Å². The second kappa shape index (κ2) is 5.03. The molecule has 76 valence electrons. The summed E-state index contributed by atoms with van der Waals surface area (Å²) in [5.41, 5.74) is 7.26. The number of halogens is 1. The van der Waals surface area contributed by atoms with Crippen LogP contribution in [-0.2, 0) is 0 Å². The van der Waals surface area contributed by atoms with E-state index in [-0.39, 0.29) is 0 Å². The highest BCUT2D eigenvalue weighted by atomic mass is 35.5. The van der Waals surface area contributed by atoms with Crippen LogP contribution in [0.4, 0.5) is 0 Å². The fourth-order valence-corrected chi connectivity index (χ4v) is 1.07. The maximum Gasteiger partial charge on any atom is 0.120 e. The Bertz CT molecular complexity index is 336. The molecule has 0 heterocycles. The van der Waals surface area contributed by atoms with Crippen molar-refractivity contribution in [2.75, 3.05) is 13.2 Å². The van der Waals surface area contributed by atoms with Gasteiger partial charge in [-0.2, -0.15) is 0 Å². The van der Waals surface area contributed by atoms with E-state index in [9.17, 15) is 0 Å². The van der Waals surface area contributed by atoms with Crippen LogP contribution in [0, 0.1) is 6.92 Å². The van der Waals surface area contributed by atoms with Crippen molar-refractivity contribution in [3.05, 3.63) is 40.9 Å². The summed E-state index contributed by atoms with van der Waals surface area (Å²) < 4.78 is 5.46. The van der Waals surface area contributed by atoms with Gasteiger partial charge in [0.2, 0.25) is 0 Å². The van der Waals surface area contributed by atoms with Crippen molar-refractivity contribution < 1.29 is 4.74 Å². The summed E-state index contributed by atoms with van der Waals surface area (Å²) in [4.78, 5) is 0. The van der Waals surface area contributed by atoms with Gasteiger partial charge in [-0.1, -0.05) is 18.2 Å². The van der Waals surface area contributed by atoms with Crippen LogP contribution < -0.4 is 10.5 Å². The molecule has 0 atom stereocenters. The van der Waals surface area contributed by atoms with Crippen LogP contribution in [0.2, 0.25) is 5.02 Å². The van der Waals surface area contributed by atoms with E-state index in [0.29, 0.717) is 13.2 Å². The van der Waals surface area contributed by atoms with Crippen LogP contribution in [0.25, 0.3) is 0 Å². The van der Waals surface area contributed by atoms with Gasteiger partial charge in [-0.15, -0.1) is 0 Å². The van der Waals surface area contributed by atoms with E-state index >= 15 is 0 Å². The van der Waals surface area contributed by atoms with Gasteiger partial charge >= 0.3 is 0 Å². The lowest BCUT2D eigenvalue weighted by atomic mass is 10.2. The van der Waals surface area contributed by atoms with Crippen molar-refractivity contribution in [3.8, 4) is 5.75 Å². The van der Waals surface area contributed by atoms with Gasteiger partial charge < -0.3 is 10.5 Å². The molecule has 0 amide bonds. The molecule has 0 fully saturated rings. The zero-order valence-electron chi connectivity index (χ0n) is 8.22. The molecule has 0 spiro atoms. The van der Waals surface area contributed by atoms with Gasteiger partial charge in [0.05, 0.1) is 0 Å². The Hall–Kier alpha value is -0.990. The molecule has 2 nitrogen and oxygen atoms in total. The summed E-state index contributed by atoms with van der Waals surface area (Å²) in [6.45, 7) is 6.60. The molecule has 1 aromatic carbocycles. The van der Waals surface area contributed by atoms with Crippen LogP contribution in [0.15, 0.2) is 30.4 Å². The van der Waals surface area contributed by atoms with E-state index in [1.54, 1.807) is 0 Å². The Labute approximate surface area is 89.3 Å². The topological polar surface area (TPSA) is 35.2 Å². The van der Waals surface area contributed by atoms with E-state index in [1.807, 2.05) is 25.1 Å². The second-order valence-corrected chi connectivity index (χ2v) is 3.56. The number of rotatable bonds is 4. The quantitative estimate of drug-likeness (QED) is 0.777. The van der Waals surface area contributed by atoms with Crippen LogP contribution in [-0.4, -0.2) is 13.2 Å². The Morgan fingerprint density at radius 1 is 1.57 bits per heavy atom. The lowest BCUT2D eigenvalue weighted by Crippen LogP contribution is -2.09. The van der Waals surface area contributed by atoms with Crippen LogP contribution in [0.1, 0.15) is 5.56 Å². The highest BCUT2D eigenvalue weighted by Gasteiger charge is 1.99. The van der Waals surface area contributed by atoms with Gasteiger partial charge in [0, 0.05) is 11.6 Å². The molecular formula is C11H14ClNO. The molecule has 1 aromatic rings. The van der Waals surface area contributed by atoms with Crippen molar-refractivity contribution in [2.24, 2.45) is 5.73 Å². The molecule has 0 saturated heterocycles. The minimum atomic E-state index is 0.451. The van der Waals surface area contributed by atoms with Gasteiger partial charge in [-0.25, -0.2) is 0 Å². The van der Waals surface area contributed by atoms with Crippen LogP contribution in [0.3, 0.4) is 0 Å². The third-order valence-corrected chi connectivity index (χ3v) is 2.29. The first kappa shape index (κ1) is 11.1. The summed E-state index contributed by atoms with van der Waals surface area (Å²) in [7, 11) is 0. The van der Waals surface area contributed by atoms with Crippen LogP contribution >= 0.6 is 11.6 Å². The zero-order valence-corrected chi connectivity index (χ0v) is 8.97. The lowest BCUT2D eigenvalue weighted by molar-refractivity contribution is 0.350. The maximum absolute atomic E-state index is 5.88. The van der Waals surface area contributed by atoms with Crippen molar-refractivity contribution in [3.63, 3.8) is 0 Å². The molecule has 0 saturated carbocycles. The molecule has 0 aliphatic carbocycles. The van der Waals surface area contributed by atoms with Gasteiger partial charge in [-0.3, -0.25) is 0 Å². The first-order chi connectivity index (χ1) is 6.63. The van der Waals surface area contributed by atoms with Crippen LogP contribution in [0.5, 0.6) is 5.75 Å². The van der Waals surface area contributed by atoms with E-state index in [1.165, 1.54) is 0 Å². The first-order valence-corrected chi connectivity index (χ1v) is 4.77. The lowest BCUT2D eigenvalue weighted by Gasteiger charge is -2.08. The number of hydrogen-bond donors (Lipinski definition) is 1.